The summed E-state index contributed by atoms with van der Waals surface area (Å²) in [6.45, 7) is 5.21. The molecule has 1 heterocycles. The first kappa shape index (κ1) is 21.3. The van der Waals surface area contributed by atoms with Gasteiger partial charge in [0.15, 0.2) is 0 Å². The molecule has 0 fully saturated rings. The van der Waals surface area contributed by atoms with Crippen LogP contribution in [-0.2, 0) is 6.54 Å². The minimum Gasteiger partial charge on any atom is -0.494 e. The van der Waals surface area contributed by atoms with Gasteiger partial charge in [-0.2, -0.15) is 5.10 Å². The maximum absolute atomic E-state index is 12.3. The molecule has 0 saturated heterocycles. The molecule has 0 spiro atoms. The maximum Gasteiger partial charge on any atom is 0.287 e. The van der Waals surface area contributed by atoms with Crippen LogP contribution in [0.1, 0.15) is 44.7 Å². The van der Waals surface area contributed by atoms with Crippen molar-refractivity contribution in [2.45, 2.75) is 45.7 Å². The number of nitrogens with zero attached hydrogens (tertiary/aromatic N) is 3. The lowest BCUT2D eigenvalue weighted by atomic mass is 10.2. The van der Waals surface area contributed by atoms with Crippen molar-refractivity contribution in [2.24, 2.45) is 0 Å². The Labute approximate surface area is 165 Å². The zero-order chi connectivity index (χ0) is 19.8. The summed E-state index contributed by atoms with van der Waals surface area (Å²) in [6, 6.07) is 7.82. The Morgan fingerprint density at radius 3 is 2.78 bits per heavy atom. The highest BCUT2D eigenvalue weighted by Gasteiger charge is 2.14. The van der Waals surface area contributed by atoms with Crippen molar-refractivity contribution in [1.82, 2.24) is 9.78 Å². The smallest absolute Gasteiger partial charge is 0.287 e. The van der Waals surface area contributed by atoms with E-state index in [1.54, 1.807) is 6.20 Å². The molecular weight excluding hydrogens is 366 g/mol. The molecule has 0 aliphatic carbocycles. The first-order chi connectivity index (χ1) is 12.9. The molecule has 1 aromatic heterocycles. The molecule has 0 amide bonds. The molecular formula is C20H28ClN3O3. The second-order valence-electron chi connectivity index (χ2n) is 6.82. The van der Waals surface area contributed by atoms with Gasteiger partial charge < -0.3 is 14.7 Å². The van der Waals surface area contributed by atoms with Gasteiger partial charge in [-0.1, -0.05) is 23.7 Å². The molecule has 0 aliphatic heterocycles. The number of aliphatic hydroxyl groups is 1. The summed E-state index contributed by atoms with van der Waals surface area (Å²) in [4.78, 5) is 14.2. The van der Waals surface area contributed by atoms with E-state index in [0.29, 0.717) is 18.8 Å². The molecule has 0 atom stereocenters. The highest BCUT2D eigenvalue weighted by Crippen LogP contribution is 2.23. The quantitative estimate of drug-likeness (QED) is 0.624. The van der Waals surface area contributed by atoms with Crippen molar-refractivity contribution in [3.05, 3.63) is 51.4 Å². The third-order valence-corrected chi connectivity index (χ3v) is 4.57. The van der Waals surface area contributed by atoms with Gasteiger partial charge in [-0.3, -0.25) is 4.79 Å². The molecule has 0 saturated carbocycles. The number of hydrogen-bond donors (Lipinski definition) is 1. The minimum absolute atomic E-state index is 0.0411. The number of ether oxygens (including phenoxy) is 1. The van der Waals surface area contributed by atoms with Crippen LogP contribution in [0.2, 0.25) is 5.02 Å². The number of anilines is 1. The first-order valence-electron chi connectivity index (χ1n) is 9.25. The number of unbranched alkanes of at least 4 members (excludes halogenated alkanes) is 2. The number of rotatable bonds is 10. The van der Waals surface area contributed by atoms with Crippen LogP contribution in [0.3, 0.4) is 0 Å². The average Bonchev–Trinajstić information content (AvgIpc) is 2.63. The molecule has 0 unspecified atom stereocenters. The SMILES string of the molecule is CC(C)n1ncc(N(C)Cc2cccc(OCCCCCO)c2)c(Cl)c1=O. The summed E-state index contributed by atoms with van der Waals surface area (Å²) in [5.41, 5.74) is 1.37. The fraction of sp³-hybridized carbons (Fsp3) is 0.500. The van der Waals surface area contributed by atoms with Crippen LogP contribution in [0.5, 0.6) is 5.75 Å². The van der Waals surface area contributed by atoms with Crippen LogP contribution in [0.4, 0.5) is 5.69 Å². The number of benzene rings is 1. The maximum atomic E-state index is 12.3. The summed E-state index contributed by atoms with van der Waals surface area (Å²) in [7, 11) is 1.88. The van der Waals surface area contributed by atoms with Gasteiger partial charge in [0.25, 0.3) is 5.56 Å². The topological polar surface area (TPSA) is 67.6 Å². The largest absolute Gasteiger partial charge is 0.494 e. The Kier molecular flexibility index (Phi) is 8.13. The molecule has 7 heteroatoms. The molecule has 0 aliphatic rings. The fourth-order valence-corrected chi connectivity index (χ4v) is 3.02. The monoisotopic (exact) mass is 393 g/mol. The van der Waals surface area contributed by atoms with Gasteiger partial charge in [0.2, 0.25) is 0 Å². The third kappa shape index (κ3) is 5.97. The predicted molar refractivity (Wildman–Crippen MR) is 109 cm³/mol. The van der Waals surface area contributed by atoms with Crippen LogP contribution < -0.4 is 15.2 Å². The first-order valence-corrected chi connectivity index (χ1v) is 9.63. The van der Waals surface area contributed by atoms with Crippen LogP contribution in [0, 0.1) is 0 Å². The molecule has 148 valence electrons. The van der Waals surface area contributed by atoms with Crippen molar-refractivity contribution in [1.29, 1.82) is 0 Å². The predicted octanol–water partition coefficient (Wildman–Crippen LogP) is 3.66. The average molecular weight is 394 g/mol. The summed E-state index contributed by atoms with van der Waals surface area (Å²) in [6.07, 6.45) is 4.30. The molecule has 2 rings (SSSR count). The Balaban J connectivity index is 2.03. The van der Waals surface area contributed by atoms with E-state index in [0.717, 1.165) is 30.6 Å². The van der Waals surface area contributed by atoms with Crippen LogP contribution in [0.15, 0.2) is 35.3 Å². The Morgan fingerprint density at radius 1 is 1.30 bits per heavy atom. The lowest BCUT2D eigenvalue weighted by molar-refractivity contribution is 0.266. The third-order valence-electron chi connectivity index (χ3n) is 4.21. The second kappa shape index (κ2) is 10.3. The lowest BCUT2D eigenvalue weighted by Crippen LogP contribution is -2.28. The number of hydrogen-bond acceptors (Lipinski definition) is 5. The Hall–Kier alpha value is -2.05. The summed E-state index contributed by atoms with van der Waals surface area (Å²) in [5, 5.41) is 13.2. The van der Waals surface area contributed by atoms with Crippen molar-refractivity contribution in [3.63, 3.8) is 0 Å². The van der Waals surface area contributed by atoms with Gasteiger partial charge in [0.05, 0.1) is 24.5 Å². The standard InChI is InChI=1S/C20H28ClN3O3/c1-15(2)24-20(26)19(21)18(13-22-24)23(3)14-16-8-7-9-17(12-16)27-11-6-4-5-10-25/h7-9,12-13,15,25H,4-6,10-11,14H2,1-3H3. The van der Waals surface area contributed by atoms with E-state index in [-0.39, 0.29) is 23.2 Å². The minimum atomic E-state index is -0.282. The van der Waals surface area contributed by atoms with Crippen molar-refractivity contribution < 1.29 is 9.84 Å². The highest BCUT2D eigenvalue weighted by molar-refractivity contribution is 6.33. The van der Waals surface area contributed by atoms with E-state index in [9.17, 15) is 4.79 Å². The molecule has 27 heavy (non-hydrogen) atoms. The summed E-state index contributed by atoms with van der Waals surface area (Å²) >= 11 is 6.29. The van der Waals surface area contributed by atoms with Gasteiger partial charge in [-0.25, -0.2) is 4.68 Å². The van der Waals surface area contributed by atoms with E-state index < -0.39 is 0 Å². The Morgan fingerprint density at radius 2 is 2.07 bits per heavy atom. The normalized spacial score (nSPS) is 11.0. The number of halogens is 1. The zero-order valence-corrected chi connectivity index (χ0v) is 16.9. The second-order valence-corrected chi connectivity index (χ2v) is 7.20. The lowest BCUT2D eigenvalue weighted by Gasteiger charge is -2.21. The van der Waals surface area contributed by atoms with Crippen molar-refractivity contribution in [2.75, 3.05) is 25.2 Å². The van der Waals surface area contributed by atoms with Gasteiger partial charge in [-0.15, -0.1) is 0 Å². The van der Waals surface area contributed by atoms with Gasteiger partial charge >= 0.3 is 0 Å². The van der Waals surface area contributed by atoms with Crippen molar-refractivity contribution >= 4 is 17.3 Å². The fourth-order valence-electron chi connectivity index (χ4n) is 2.74. The van der Waals surface area contributed by atoms with Crippen LogP contribution >= 0.6 is 11.6 Å². The van der Waals surface area contributed by atoms with E-state index in [1.807, 2.05) is 50.1 Å². The van der Waals surface area contributed by atoms with Crippen LogP contribution in [-0.4, -0.2) is 35.1 Å². The summed E-state index contributed by atoms with van der Waals surface area (Å²) in [5.74, 6) is 0.810. The molecule has 0 radical (unpaired) electrons. The molecule has 6 nitrogen and oxygen atoms in total. The van der Waals surface area contributed by atoms with Gasteiger partial charge in [-0.05, 0) is 50.8 Å². The Bertz CT molecular complexity index is 792. The van der Waals surface area contributed by atoms with Gasteiger partial charge in [0, 0.05) is 20.2 Å². The highest BCUT2D eigenvalue weighted by atomic mass is 35.5. The molecule has 0 bridgehead atoms. The molecule has 1 N–H and O–H groups in total. The van der Waals surface area contributed by atoms with Crippen LogP contribution in [0.25, 0.3) is 0 Å². The van der Waals surface area contributed by atoms with Crippen molar-refractivity contribution in [3.8, 4) is 5.75 Å². The zero-order valence-electron chi connectivity index (χ0n) is 16.2. The van der Waals surface area contributed by atoms with Gasteiger partial charge in [0.1, 0.15) is 10.8 Å². The number of aliphatic hydroxyl groups excluding tert-OH is 1. The van der Waals surface area contributed by atoms with E-state index in [4.69, 9.17) is 21.4 Å². The molecule has 1 aromatic carbocycles. The number of aromatic nitrogens is 2. The van der Waals surface area contributed by atoms with E-state index >= 15 is 0 Å². The van der Waals surface area contributed by atoms with E-state index in [2.05, 4.69) is 5.10 Å². The van der Waals surface area contributed by atoms with E-state index in [1.165, 1.54) is 4.68 Å². The molecule has 2 aromatic rings. The summed E-state index contributed by atoms with van der Waals surface area (Å²) < 4.78 is 7.15.